The molecule has 2 aromatic carbocycles. The van der Waals surface area contributed by atoms with Crippen LogP contribution < -0.4 is 15.6 Å². The number of carbonyl (C=O) groups excluding carboxylic acids is 2. The second kappa shape index (κ2) is 9.67. The predicted molar refractivity (Wildman–Crippen MR) is 110 cm³/mol. The largest absolute Gasteiger partial charge is 0.489 e. The van der Waals surface area contributed by atoms with Crippen molar-refractivity contribution >= 4 is 35.2 Å². The molecule has 0 aromatic heterocycles. The van der Waals surface area contributed by atoms with Crippen molar-refractivity contribution < 1.29 is 14.3 Å². The molecule has 0 aliphatic carbocycles. The molecule has 0 bridgehead atoms. The number of benzene rings is 2. The quantitative estimate of drug-likeness (QED) is 0.705. The number of hydrazine groups is 1. The van der Waals surface area contributed by atoms with Crippen LogP contribution in [0.1, 0.15) is 36.7 Å². The summed E-state index contributed by atoms with van der Waals surface area (Å²) in [5.41, 5.74) is 6.22. The molecule has 144 valence electrons. The average Bonchev–Trinajstić information content (AvgIpc) is 2.64. The fraction of sp³-hybridized carbons (Fsp3) is 0.300. The predicted octanol–water partition coefficient (Wildman–Crippen LogP) is 4.21. The lowest BCUT2D eigenvalue weighted by atomic mass is 10.1. The number of carbonyl (C=O) groups is 2. The highest BCUT2D eigenvalue weighted by Gasteiger charge is 2.14. The lowest BCUT2D eigenvalue weighted by Crippen LogP contribution is -2.42. The Morgan fingerprint density at radius 1 is 1.00 bits per heavy atom. The molecule has 0 fully saturated rings. The molecule has 0 unspecified atom stereocenters. The number of amides is 2. The van der Waals surface area contributed by atoms with Gasteiger partial charge in [-0.3, -0.25) is 20.4 Å². The molecule has 0 atom stereocenters. The molecule has 2 rings (SSSR count). The molecule has 2 amide bonds. The van der Waals surface area contributed by atoms with Gasteiger partial charge in [0, 0.05) is 15.3 Å². The molecule has 0 saturated heterocycles. The van der Waals surface area contributed by atoms with Crippen molar-refractivity contribution in [2.45, 2.75) is 32.1 Å². The molecule has 0 aliphatic heterocycles. The highest BCUT2D eigenvalue weighted by atomic mass is 35.5. The minimum atomic E-state index is -0.366. The first kappa shape index (κ1) is 21.1. The zero-order chi connectivity index (χ0) is 19.9. The van der Waals surface area contributed by atoms with Crippen LogP contribution >= 0.6 is 23.4 Å². The van der Waals surface area contributed by atoms with Gasteiger partial charge in [0.1, 0.15) is 12.4 Å². The average molecular weight is 407 g/mol. The second-order valence-electron chi connectivity index (χ2n) is 6.84. The van der Waals surface area contributed by atoms with Gasteiger partial charge >= 0.3 is 0 Å². The molecule has 0 aliphatic rings. The molecule has 0 saturated carbocycles. The van der Waals surface area contributed by atoms with Crippen LogP contribution in [0.4, 0.5) is 0 Å². The number of rotatable bonds is 6. The van der Waals surface area contributed by atoms with Crippen LogP contribution in [0.2, 0.25) is 5.02 Å². The van der Waals surface area contributed by atoms with Gasteiger partial charge in [0.2, 0.25) is 5.91 Å². The summed E-state index contributed by atoms with van der Waals surface area (Å²) < 4.78 is 5.65. The Morgan fingerprint density at radius 3 is 2.22 bits per heavy atom. The summed E-state index contributed by atoms with van der Waals surface area (Å²) in [7, 11) is 0. The van der Waals surface area contributed by atoms with E-state index in [0.717, 1.165) is 11.3 Å². The van der Waals surface area contributed by atoms with E-state index in [1.165, 1.54) is 11.8 Å². The van der Waals surface area contributed by atoms with Crippen LogP contribution in [0.5, 0.6) is 5.75 Å². The standard InChI is InChI=1S/C20H23ClN2O3S/c1-20(2,3)27-13-18(24)22-23-19(25)15-6-4-14(5-7-15)12-26-17-10-8-16(21)9-11-17/h4-11H,12-13H2,1-3H3,(H,22,24)(H,23,25). The van der Waals surface area contributed by atoms with Crippen molar-refractivity contribution in [2.24, 2.45) is 0 Å². The van der Waals surface area contributed by atoms with Gasteiger partial charge in [-0.25, -0.2) is 0 Å². The Balaban J connectivity index is 1.79. The van der Waals surface area contributed by atoms with Gasteiger partial charge in [-0.05, 0) is 42.0 Å². The smallest absolute Gasteiger partial charge is 0.269 e. The van der Waals surface area contributed by atoms with Crippen LogP contribution in [0.3, 0.4) is 0 Å². The van der Waals surface area contributed by atoms with Crippen LogP contribution in [0, 0.1) is 0 Å². The van der Waals surface area contributed by atoms with Gasteiger partial charge < -0.3 is 4.74 Å². The molecule has 27 heavy (non-hydrogen) atoms. The Hall–Kier alpha value is -2.18. The number of thioether (sulfide) groups is 1. The maximum atomic E-state index is 12.1. The molecule has 0 heterocycles. The summed E-state index contributed by atoms with van der Waals surface area (Å²) in [6, 6.07) is 14.1. The molecule has 0 radical (unpaired) electrons. The maximum Gasteiger partial charge on any atom is 0.269 e. The topological polar surface area (TPSA) is 67.4 Å². The van der Waals surface area contributed by atoms with E-state index >= 15 is 0 Å². The zero-order valence-corrected chi connectivity index (χ0v) is 17.1. The molecular formula is C20H23ClN2O3S. The number of ether oxygens (including phenoxy) is 1. The monoisotopic (exact) mass is 406 g/mol. The van der Waals surface area contributed by atoms with Crippen LogP contribution in [0.25, 0.3) is 0 Å². The van der Waals surface area contributed by atoms with Gasteiger partial charge in [0.25, 0.3) is 5.91 Å². The van der Waals surface area contributed by atoms with Crippen LogP contribution in [0.15, 0.2) is 48.5 Å². The van der Waals surface area contributed by atoms with E-state index in [1.807, 2.05) is 32.9 Å². The third-order valence-corrected chi connectivity index (χ3v) is 4.91. The van der Waals surface area contributed by atoms with Gasteiger partial charge in [0.05, 0.1) is 5.75 Å². The van der Waals surface area contributed by atoms with Crippen molar-refractivity contribution in [3.05, 3.63) is 64.7 Å². The molecule has 0 spiro atoms. The van der Waals surface area contributed by atoms with Crippen molar-refractivity contribution in [3.63, 3.8) is 0 Å². The highest BCUT2D eigenvalue weighted by molar-refractivity contribution is 8.01. The molecule has 2 N–H and O–H groups in total. The maximum absolute atomic E-state index is 12.1. The van der Waals surface area contributed by atoms with Crippen LogP contribution in [-0.4, -0.2) is 22.3 Å². The molecular weight excluding hydrogens is 384 g/mol. The van der Waals surface area contributed by atoms with Gasteiger partial charge in [-0.2, -0.15) is 0 Å². The zero-order valence-electron chi connectivity index (χ0n) is 15.5. The summed E-state index contributed by atoms with van der Waals surface area (Å²) in [5.74, 6) is 0.396. The Labute approximate surface area is 168 Å². The van der Waals surface area contributed by atoms with Crippen molar-refractivity contribution in [3.8, 4) is 5.75 Å². The number of halogens is 1. The van der Waals surface area contributed by atoms with Crippen molar-refractivity contribution in [1.82, 2.24) is 10.9 Å². The van der Waals surface area contributed by atoms with Gasteiger partial charge in [-0.15, -0.1) is 11.8 Å². The van der Waals surface area contributed by atoms with Crippen molar-refractivity contribution in [1.29, 1.82) is 0 Å². The van der Waals surface area contributed by atoms with Gasteiger partial charge in [0.15, 0.2) is 0 Å². The Bertz CT molecular complexity index is 771. The van der Waals surface area contributed by atoms with Crippen molar-refractivity contribution in [2.75, 3.05) is 5.75 Å². The van der Waals surface area contributed by atoms with E-state index in [9.17, 15) is 9.59 Å². The highest BCUT2D eigenvalue weighted by Crippen LogP contribution is 2.22. The SMILES string of the molecule is CC(C)(C)SCC(=O)NNC(=O)c1ccc(COc2ccc(Cl)cc2)cc1. The van der Waals surface area contributed by atoms with E-state index in [2.05, 4.69) is 10.9 Å². The van der Waals surface area contributed by atoms with E-state index in [4.69, 9.17) is 16.3 Å². The molecule has 7 heteroatoms. The van der Waals surface area contributed by atoms with Gasteiger partial charge in [-0.1, -0.05) is 44.5 Å². The normalized spacial score (nSPS) is 11.0. The summed E-state index contributed by atoms with van der Waals surface area (Å²) in [6.07, 6.45) is 0. The lowest BCUT2D eigenvalue weighted by Gasteiger charge is -2.17. The summed E-state index contributed by atoms with van der Waals surface area (Å²) in [6.45, 7) is 6.47. The Morgan fingerprint density at radius 2 is 1.63 bits per heavy atom. The van der Waals surface area contributed by atoms with E-state index in [0.29, 0.717) is 17.2 Å². The first-order chi connectivity index (χ1) is 12.7. The van der Waals surface area contributed by atoms with E-state index in [-0.39, 0.29) is 22.3 Å². The summed E-state index contributed by atoms with van der Waals surface area (Å²) in [4.78, 5) is 23.8. The number of nitrogens with one attached hydrogen (secondary N) is 2. The summed E-state index contributed by atoms with van der Waals surface area (Å²) in [5, 5.41) is 0.654. The third-order valence-electron chi connectivity index (χ3n) is 3.39. The second-order valence-corrected chi connectivity index (χ2v) is 9.08. The number of hydrogen-bond donors (Lipinski definition) is 2. The van der Waals surface area contributed by atoms with E-state index in [1.54, 1.807) is 36.4 Å². The van der Waals surface area contributed by atoms with Crippen LogP contribution in [-0.2, 0) is 11.4 Å². The fourth-order valence-corrected chi connectivity index (χ4v) is 2.73. The number of hydrogen-bond acceptors (Lipinski definition) is 4. The minimum absolute atomic E-state index is 0.00867. The molecule has 2 aromatic rings. The van der Waals surface area contributed by atoms with E-state index < -0.39 is 0 Å². The first-order valence-electron chi connectivity index (χ1n) is 8.43. The lowest BCUT2D eigenvalue weighted by molar-refractivity contribution is -0.119. The third kappa shape index (κ3) is 7.93. The Kier molecular flexibility index (Phi) is 7.56. The fourth-order valence-electron chi connectivity index (χ4n) is 1.97. The first-order valence-corrected chi connectivity index (χ1v) is 9.80. The summed E-state index contributed by atoms with van der Waals surface area (Å²) >= 11 is 7.35. The molecule has 5 nitrogen and oxygen atoms in total. The minimum Gasteiger partial charge on any atom is -0.489 e.